The van der Waals surface area contributed by atoms with E-state index in [2.05, 4.69) is 10.5 Å². The van der Waals surface area contributed by atoms with Gasteiger partial charge >= 0.3 is 0 Å². The molecule has 0 atom stereocenters. The minimum atomic E-state index is -0.331. The monoisotopic (exact) mass is 327 g/mol. The van der Waals surface area contributed by atoms with Gasteiger partial charge in [0.05, 0.1) is 12.3 Å². The maximum atomic E-state index is 12.2. The van der Waals surface area contributed by atoms with Crippen molar-refractivity contribution < 1.29 is 9.53 Å². The van der Waals surface area contributed by atoms with Crippen LogP contribution in [-0.4, -0.2) is 42.9 Å². The van der Waals surface area contributed by atoms with E-state index in [-0.39, 0.29) is 17.3 Å². The molecule has 0 bridgehead atoms. The number of hydrogen-bond acceptors (Lipinski definition) is 6. The van der Waals surface area contributed by atoms with Crippen LogP contribution in [0.4, 0.5) is 5.69 Å². The maximum absolute atomic E-state index is 12.2. The van der Waals surface area contributed by atoms with Crippen LogP contribution in [0.2, 0.25) is 0 Å². The number of hydrogen-bond donors (Lipinski definition) is 3. The molecule has 2 aliphatic rings. The summed E-state index contributed by atoms with van der Waals surface area (Å²) in [6.45, 7) is 0.657. The summed E-state index contributed by atoms with van der Waals surface area (Å²) in [6.07, 6.45) is 4.01. The standard InChI is InChI=1S/C17H21N5O2/c1-20-21-16-15(19)13(8-22(2)17(16)23)12-7-11(18)5-6-14(12)24-9-10-3-4-10/h5-8,10,19-20H,3-4,9,18H2,1-2H3/b19-15?,21-16+. The highest BCUT2D eigenvalue weighted by Crippen LogP contribution is 2.34. The molecule has 0 radical (unpaired) electrons. The molecular weight excluding hydrogens is 306 g/mol. The van der Waals surface area contributed by atoms with Crippen molar-refractivity contribution in [3.8, 4) is 5.75 Å². The number of carbonyl (C=O) groups is 1. The highest BCUT2D eigenvalue weighted by molar-refractivity contribution is 6.75. The van der Waals surface area contributed by atoms with Crippen molar-refractivity contribution >= 4 is 28.6 Å². The normalized spacial score (nSPS) is 19.5. The van der Waals surface area contributed by atoms with Crippen molar-refractivity contribution in [1.29, 1.82) is 5.41 Å². The summed E-state index contributed by atoms with van der Waals surface area (Å²) in [5, 5.41) is 12.3. The number of amides is 1. The van der Waals surface area contributed by atoms with Crippen molar-refractivity contribution in [1.82, 2.24) is 10.3 Å². The number of benzene rings is 1. The maximum Gasteiger partial charge on any atom is 0.280 e. The Kier molecular flexibility index (Phi) is 4.24. The molecule has 0 aromatic heterocycles. The van der Waals surface area contributed by atoms with Crippen LogP contribution in [0.15, 0.2) is 29.5 Å². The lowest BCUT2D eigenvalue weighted by atomic mass is 9.94. The third-order valence-electron chi connectivity index (χ3n) is 4.04. The summed E-state index contributed by atoms with van der Waals surface area (Å²) in [7, 11) is 3.23. The summed E-state index contributed by atoms with van der Waals surface area (Å²) in [5.41, 5.74) is 10.5. The lowest BCUT2D eigenvalue weighted by Gasteiger charge is -2.24. The molecule has 126 valence electrons. The highest BCUT2D eigenvalue weighted by Gasteiger charge is 2.31. The molecular formula is C17H21N5O2. The van der Waals surface area contributed by atoms with E-state index in [1.54, 1.807) is 32.4 Å². The third-order valence-corrected chi connectivity index (χ3v) is 4.04. The van der Waals surface area contributed by atoms with Gasteiger partial charge in [-0.3, -0.25) is 10.2 Å². The Labute approximate surface area is 140 Å². The van der Waals surface area contributed by atoms with E-state index in [1.165, 1.54) is 17.7 Å². The average Bonchev–Trinajstić information content (AvgIpc) is 3.38. The van der Waals surface area contributed by atoms with Gasteiger partial charge in [-0.05, 0) is 37.0 Å². The van der Waals surface area contributed by atoms with Gasteiger partial charge in [0.2, 0.25) is 0 Å². The van der Waals surface area contributed by atoms with Crippen LogP contribution in [0.1, 0.15) is 18.4 Å². The number of ether oxygens (including phenoxy) is 1. The van der Waals surface area contributed by atoms with Crippen LogP contribution in [0.25, 0.3) is 5.57 Å². The van der Waals surface area contributed by atoms with E-state index in [9.17, 15) is 4.79 Å². The lowest BCUT2D eigenvalue weighted by Crippen LogP contribution is -2.40. The second-order valence-electron chi connectivity index (χ2n) is 6.03. The van der Waals surface area contributed by atoms with Crippen LogP contribution >= 0.6 is 0 Å². The molecule has 0 spiro atoms. The Morgan fingerprint density at radius 1 is 1.46 bits per heavy atom. The largest absolute Gasteiger partial charge is 0.493 e. The highest BCUT2D eigenvalue weighted by atomic mass is 16.5. The van der Waals surface area contributed by atoms with E-state index in [4.69, 9.17) is 15.9 Å². The van der Waals surface area contributed by atoms with Crippen molar-refractivity contribution in [3.63, 3.8) is 0 Å². The molecule has 3 rings (SSSR count). The van der Waals surface area contributed by atoms with E-state index in [0.717, 1.165) is 0 Å². The van der Waals surface area contributed by atoms with Gasteiger partial charge in [-0.15, -0.1) is 0 Å². The minimum absolute atomic E-state index is 0.0503. The predicted molar refractivity (Wildman–Crippen MR) is 94.0 cm³/mol. The topological polar surface area (TPSA) is 104 Å². The molecule has 24 heavy (non-hydrogen) atoms. The molecule has 1 aliphatic heterocycles. The molecule has 7 heteroatoms. The summed E-state index contributed by atoms with van der Waals surface area (Å²) in [4.78, 5) is 13.6. The Hall–Kier alpha value is -2.83. The summed E-state index contributed by atoms with van der Waals surface area (Å²) in [6, 6.07) is 5.35. The van der Waals surface area contributed by atoms with Crippen LogP contribution in [0, 0.1) is 11.3 Å². The second-order valence-corrected chi connectivity index (χ2v) is 6.03. The third kappa shape index (κ3) is 3.10. The van der Waals surface area contributed by atoms with Gasteiger partial charge in [-0.25, -0.2) is 0 Å². The Morgan fingerprint density at radius 3 is 2.88 bits per heavy atom. The van der Waals surface area contributed by atoms with Gasteiger partial charge in [-0.2, -0.15) is 5.10 Å². The number of nitrogens with zero attached hydrogens (tertiary/aromatic N) is 2. The zero-order valence-electron chi connectivity index (χ0n) is 13.8. The fraction of sp³-hybridized carbons (Fsp3) is 0.353. The number of nitrogens with two attached hydrogens (primary N) is 1. The fourth-order valence-electron chi connectivity index (χ4n) is 2.51. The van der Waals surface area contributed by atoms with Crippen LogP contribution in [-0.2, 0) is 4.79 Å². The molecule has 1 aromatic rings. The number of allylic oxidation sites excluding steroid dienone is 1. The first-order valence-electron chi connectivity index (χ1n) is 7.86. The van der Waals surface area contributed by atoms with Gasteiger partial charge in [0.15, 0.2) is 5.71 Å². The molecule has 4 N–H and O–H groups in total. The molecule has 7 nitrogen and oxygen atoms in total. The summed E-state index contributed by atoms with van der Waals surface area (Å²) in [5.74, 6) is 0.946. The number of hydrazone groups is 1. The Balaban J connectivity index is 2.01. The lowest BCUT2D eigenvalue weighted by molar-refractivity contribution is -0.120. The Morgan fingerprint density at radius 2 is 2.21 bits per heavy atom. The second kappa shape index (κ2) is 6.35. The molecule has 1 amide bonds. The Bertz CT molecular complexity index is 749. The first-order chi connectivity index (χ1) is 11.5. The molecule has 1 heterocycles. The van der Waals surface area contributed by atoms with Crippen LogP contribution < -0.4 is 15.9 Å². The average molecular weight is 327 g/mol. The number of carbonyl (C=O) groups excluding carboxylic acids is 1. The van der Waals surface area contributed by atoms with E-state index < -0.39 is 0 Å². The van der Waals surface area contributed by atoms with Gasteiger partial charge in [0.25, 0.3) is 5.91 Å². The smallest absolute Gasteiger partial charge is 0.280 e. The van der Waals surface area contributed by atoms with Gasteiger partial charge in [-0.1, -0.05) is 0 Å². The minimum Gasteiger partial charge on any atom is -0.493 e. The predicted octanol–water partition coefficient (Wildman–Crippen LogP) is 1.47. The number of anilines is 1. The van der Waals surface area contributed by atoms with Crippen molar-refractivity contribution in [2.24, 2.45) is 11.0 Å². The number of nitrogen functional groups attached to an aromatic ring is 1. The fourth-order valence-corrected chi connectivity index (χ4v) is 2.51. The summed E-state index contributed by atoms with van der Waals surface area (Å²) >= 11 is 0. The molecule has 0 saturated heterocycles. The van der Waals surface area contributed by atoms with Gasteiger partial charge in [0.1, 0.15) is 5.75 Å². The van der Waals surface area contributed by atoms with E-state index in [0.29, 0.717) is 35.1 Å². The SMILES string of the molecule is CN/N=C1\C(=N)C(c2cc(N)ccc2OCC2CC2)=CN(C)C1=O. The molecule has 1 fully saturated rings. The molecule has 1 saturated carbocycles. The first-order valence-corrected chi connectivity index (χ1v) is 7.86. The van der Waals surface area contributed by atoms with Gasteiger partial charge < -0.3 is 20.8 Å². The van der Waals surface area contributed by atoms with E-state index >= 15 is 0 Å². The molecule has 1 aliphatic carbocycles. The molecule has 0 unspecified atom stereocenters. The van der Waals surface area contributed by atoms with Crippen molar-refractivity contribution in [2.45, 2.75) is 12.8 Å². The zero-order chi connectivity index (χ0) is 17.3. The quantitative estimate of drug-likeness (QED) is 0.562. The first kappa shape index (κ1) is 16.0. The van der Waals surface area contributed by atoms with Crippen LogP contribution in [0.3, 0.4) is 0 Å². The summed E-state index contributed by atoms with van der Waals surface area (Å²) < 4.78 is 5.92. The zero-order valence-corrected chi connectivity index (χ0v) is 13.8. The van der Waals surface area contributed by atoms with E-state index in [1.807, 2.05) is 6.07 Å². The van der Waals surface area contributed by atoms with Crippen molar-refractivity contribution in [2.75, 3.05) is 26.4 Å². The number of nitrogens with one attached hydrogen (secondary N) is 2. The van der Waals surface area contributed by atoms with Crippen molar-refractivity contribution in [3.05, 3.63) is 30.0 Å². The number of rotatable bonds is 5. The molecule has 1 aromatic carbocycles. The van der Waals surface area contributed by atoms with Crippen LogP contribution in [0.5, 0.6) is 5.75 Å². The van der Waals surface area contributed by atoms with Gasteiger partial charge in [0, 0.05) is 37.1 Å².